The molecule has 14 heavy (non-hydrogen) atoms. The summed E-state index contributed by atoms with van der Waals surface area (Å²) >= 11 is 0. The third-order valence-corrected chi connectivity index (χ3v) is 2.90. The number of aryl methyl sites for hydroxylation is 1. The van der Waals surface area contributed by atoms with Crippen LogP contribution in [0.3, 0.4) is 0 Å². The van der Waals surface area contributed by atoms with Gasteiger partial charge in [0.25, 0.3) is 0 Å². The summed E-state index contributed by atoms with van der Waals surface area (Å²) in [7, 11) is 0. The molecule has 1 aromatic rings. The molecule has 0 fully saturated rings. The van der Waals surface area contributed by atoms with E-state index in [1.165, 1.54) is 5.56 Å². The summed E-state index contributed by atoms with van der Waals surface area (Å²) in [6.45, 7) is 2.07. The average Bonchev–Trinajstić information content (AvgIpc) is 2.36. The molecule has 74 valence electrons. The second-order valence-corrected chi connectivity index (χ2v) is 3.79. The van der Waals surface area contributed by atoms with Crippen molar-refractivity contribution in [2.75, 3.05) is 5.32 Å². The minimum atomic E-state index is 0.178. The van der Waals surface area contributed by atoms with E-state index in [1.807, 2.05) is 18.2 Å². The summed E-state index contributed by atoms with van der Waals surface area (Å²) < 4.78 is 0. The fourth-order valence-electron chi connectivity index (χ4n) is 1.95. The zero-order valence-electron chi connectivity index (χ0n) is 8.42. The molecule has 0 saturated carbocycles. The molecule has 2 heteroatoms. The molecule has 1 amide bonds. The zero-order chi connectivity index (χ0) is 9.97. The van der Waals surface area contributed by atoms with Crippen LogP contribution in [0.2, 0.25) is 0 Å². The van der Waals surface area contributed by atoms with Crippen molar-refractivity contribution in [3.05, 3.63) is 29.8 Å². The number of amides is 1. The second kappa shape index (κ2) is 3.82. The SMILES string of the molecule is CCC1CCc2ccccc2NC1=O. The van der Waals surface area contributed by atoms with E-state index in [2.05, 4.69) is 18.3 Å². The van der Waals surface area contributed by atoms with E-state index in [0.717, 1.165) is 24.9 Å². The van der Waals surface area contributed by atoms with Crippen molar-refractivity contribution in [1.82, 2.24) is 0 Å². The predicted octanol–water partition coefficient (Wildman–Crippen LogP) is 2.60. The van der Waals surface area contributed by atoms with Crippen molar-refractivity contribution in [2.45, 2.75) is 26.2 Å². The van der Waals surface area contributed by atoms with E-state index in [-0.39, 0.29) is 11.8 Å². The molecule has 2 rings (SSSR count). The first-order chi connectivity index (χ1) is 6.81. The van der Waals surface area contributed by atoms with Gasteiger partial charge in [0, 0.05) is 11.6 Å². The van der Waals surface area contributed by atoms with E-state index in [4.69, 9.17) is 0 Å². The maximum atomic E-state index is 11.7. The van der Waals surface area contributed by atoms with Gasteiger partial charge in [-0.05, 0) is 30.9 Å². The highest BCUT2D eigenvalue weighted by Gasteiger charge is 2.21. The van der Waals surface area contributed by atoms with Gasteiger partial charge in [0.15, 0.2) is 0 Å². The van der Waals surface area contributed by atoms with Crippen LogP contribution in [0.4, 0.5) is 5.69 Å². The first-order valence-electron chi connectivity index (χ1n) is 5.20. The number of nitrogens with one attached hydrogen (secondary N) is 1. The molecule has 1 atom stereocenters. The minimum Gasteiger partial charge on any atom is -0.326 e. The highest BCUT2D eigenvalue weighted by molar-refractivity contribution is 5.93. The Morgan fingerprint density at radius 2 is 2.21 bits per heavy atom. The van der Waals surface area contributed by atoms with Crippen molar-refractivity contribution in [3.63, 3.8) is 0 Å². The molecule has 1 aliphatic rings. The molecule has 1 aliphatic heterocycles. The van der Waals surface area contributed by atoms with Crippen molar-refractivity contribution < 1.29 is 4.79 Å². The van der Waals surface area contributed by atoms with Crippen LogP contribution in [0, 0.1) is 5.92 Å². The lowest BCUT2D eigenvalue weighted by Gasteiger charge is -2.09. The Hall–Kier alpha value is -1.31. The van der Waals surface area contributed by atoms with Crippen molar-refractivity contribution in [3.8, 4) is 0 Å². The Balaban J connectivity index is 2.28. The lowest BCUT2D eigenvalue weighted by molar-refractivity contribution is -0.120. The van der Waals surface area contributed by atoms with Gasteiger partial charge < -0.3 is 5.32 Å². The van der Waals surface area contributed by atoms with Gasteiger partial charge in [-0.2, -0.15) is 0 Å². The fraction of sp³-hybridized carbons (Fsp3) is 0.417. The summed E-state index contributed by atoms with van der Waals surface area (Å²) in [4.78, 5) is 11.7. The number of hydrogen-bond donors (Lipinski definition) is 1. The Labute approximate surface area is 84.3 Å². The van der Waals surface area contributed by atoms with Gasteiger partial charge in [-0.15, -0.1) is 0 Å². The molecule has 2 nitrogen and oxygen atoms in total. The number of fused-ring (bicyclic) bond motifs is 1. The van der Waals surface area contributed by atoms with E-state index in [0.29, 0.717) is 0 Å². The summed E-state index contributed by atoms with van der Waals surface area (Å²) in [6.07, 6.45) is 2.91. The number of carbonyl (C=O) groups is 1. The molecule has 0 aliphatic carbocycles. The quantitative estimate of drug-likeness (QED) is 0.722. The van der Waals surface area contributed by atoms with Crippen molar-refractivity contribution >= 4 is 11.6 Å². The van der Waals surface area contributed by atoms with Crippen LogP contribution in [0.15, 0.2) is 24.3 Å². The summed E-state index contributed by atoms with van der Waals surface area (Å²) in [6, 6.07) is 8.06. The van der Waals surface area contributed by atoms with Gasteiger partial charge in [-0.3, -0.25) is 4.79 Å². The number of benzene rings is 1. The Bertz CT molecular complexity index is 346. The van der Waals surface area contributed by atoms with Crippen LogP contribution in [0.5, 0.6) is 0 Å². The molecule has 0 saturated heterocycles. The smallest absolute Gasteiger partial charge is 0.227 e. The van der Waals surface area contributed by atoms with Crippen LogP contribution >= 0.6 is 0 Å². The van der Waals surface area contributed by atoms with E-state index in [1.54, 1.807) is 0 Å². The molecular formula is C12H15NO. The summed E-state index contributed by atoms with van der Waals surface area (Å²) in [5.74, 6) is 0.361. The number of hydrogen-bond acceptors (Lipinski definition) is 1. The molecule has 0 bridgehead atoms. The fourth-order valence-corrected chi connectivity index (χ4v) is 1.95. The molecule has 1 aromatic carbocycles. The Kier molecular flexibility index (Phi) is 2.53. The van der Waals surface area contributed by atoms with Crippen LogP contribution in [0.25, 0.3) is 0 Å². The molecule has 1 N–H and O–H groups in total. The van der Waals surface area contributed by atoms with E-state index < -0.39 is 0 Å². The largest absolute Gasteiger partial charge is 0.326 e. The zero-order valence-corrected chi connectivity index (χ0v) is 8.42. The highest BCUT2D eigenvalue weighted by Crippen LogP contribution is 2.25. The van der Waals surface area contributed by atoms with Gasteiger partial charge in [0.05, 0.1) is 0 Å². The lowest BCUT2D eigenvalue weighted by atomic mass is 9.98. The topological polar surface area (TPSA) is 29.1 Å². The highest BCUT2D eigenvalue weighted by atomic mass is 16.1. The number of anilines is 1. The third-order valence-electron chi connectivity index (χ3n) is 2.90. The lowest BCUT2D eigenvalue weighted by Crippen LogP contribution is -2.20. The van der Waals surface area contributed by atoms with Gasteiger partial charge in [-0.25, -0.2) is 0 Å². The predicted molar refractivity (Wildman–Crippen MR) is 57.2 cm³/mol. The number of carbonyl (C=O) groups excluding carboxylic acids is 1. The number of para-hydroxylation sites is 1. The average molecular weight is 189 g/mol. The molecule has 1 unspecified atom stereocenters. The van der Waals surface area contributed by atoms with Crippen molar-refractivity contribution in [2.24, 2.45) is 5.92 Å². The second-order valence-electron chi connectivity index (χ2n) is 3.79. The monoisotopic (exact) mass is 189 g/mol. The maximum absolute atomic E-state index is 11.7. The first-order valence-corrected chi connectivity index (χ1v) is 5.20. The third kappa shape index (κ3) is 1.65. The first kappa shape index (κ1) is 9.25. The number of rotatable bonds is 1. The standard InChI is InChI=1S/C12H15NO/c1-2-9-7-8-10-5-3-4-6-11(10)13-12(9)14/h3-6,9H,2,7-8H2,1H3,(H,13,14). The van der Waals surface area contributed by atoms with Gasteiger partial charge in [0.1, 0.15) is 0 Å². The molecule has 0 spiro atoms. The molecule has 0 radical (unpaired) electrons. The van der Waals surface area contributed by atoms with Crippen LogP contribution in [0.1, 0.15) is 25.3 Å². The summed E-state index contributed by atoms with van der Waals surface area (Å²) in [5, 5.41) is 2.98. The van der Waals surface area contributed by atoms with Crippen LogP contribution in [-0.2, 0) is 11.2 Å². The van der Waals surface area contributed by atoms with E-state index in [9.17, 15) is 4.79 Å². The Morgan fingerprint density at radius 3 is 3.00 bits per heavy atom. The molecule has 1 heterocycles. The minimum absolute atomic E-state index is 0.178. The maximum Gasteiger partial charge on any atom is 0.227 e. The normalized spacial score (nSPS) is 20.9. The Morgan fingerprint density at radius 1 is 1.43 bits per heavy atom. The van der Waals surface area contributed by atoms with Gasteiger partial charge >= 0.3 is 0 Å². The molecular weight excluding hydrogens is 174 g/mol. The molecule has 0 aromatic heterocycles. The summed E-state index contributed by atoms with van der Waals surface area (Å²) in [5.41, 5.74) is 2.25. The van der Waals surface area contributed by atoms with Crippen molar-refractivity contribution in [1.29, 1.82) is 0 Å². The van der Waals surface area contributed by atoms with Gasteiger partial charge in [0.2, 0.25) is 5.91 Å². The van der Waals surface area contributed by atoms with Gasteiger partial charge in [-0.1, -0.05) is 25.1 Å². The van der Waals surface area contributed by atoms with Crippen LogP contribution < -0.4 is 5.32 Å². The van der Waals surface area contributed by atoms with E-state index >= 15 is 0 Å². The van der Waals surface area contributed by atoms with Crippen LogP contribution in [-0.4, -0.2) is 5.91 Å².